The molecule has 9 heteroatoms. The van der Waals surface area contributed by atoms with Gasteiger partial charge in [-0.3, -0.25) is 4.68 Å². The Balaban J connectivity index is 1.52. The molecule has 1 saturated heterocycles. The highest BCUT2D eigenvalue weighted by Gasteiger charge is 2.23. The van der Waals surface area contributed by atoms with Crippen molar-refractivity contribution in [2.75, 3.05) is 38.2 Å². The van der Waals surface area contributed by atoms with E-state index >= 15 is 0 Å². The summed E-state index contributed by atoms with van der Waals surface area (Å²) in [6.07, 6.45) is 2.31. The Hall–Kier alpha value is -2.52. The lowest BCUT2D eigenvalue weighted by Gasteiger charge is -2.29. The van der Waals surface area contributed by atoms with Gasteiger partial charge in [0.15, 0.2) is 9.84 Å². The van der Waals surface area contributed by atoms with Crippen molar-refractivity contribution in [2.45, 2.75) is 26.8 Å². The van der Waals surface area contributed by atoms with Gasteiger partial charge in [0.25, 0.3) is 0 Å². The fourth-order valence-corrected chi connectivity index (χ4v) is 5.59. The lowest BCUT2D eigenvalue weighted by atomic mass is 10.00. The van der Waals surface area contributed by atoms with E-state index < -0.39 is 9.84 Å². The predicted molar refractivity (Wildman–Crippen MR) is 123 cm³/mol. The fraction of sp³-hybridized carbons (Fsp3) is 0.478. The third-order valence-electron chi connectivity index (χ3n) is 6.02. The first-order valence-electron chi connectivity index (χ1n) is 10.9. The number of hydrogen-bond acceptors (Lipinski definition) is 6. The Bertz CT molecular complexity index is 1210. The smallest absolute Gasteiger partial charge is 0.216 e. The van der Waals surface area contributed by atoms with Crippen LogP contribution in [0.15, 0.2) is 30.5 Å². The number of fused-ring (bicyclic) bond motifs is 1. The number of benzene rings is 1. The molecule has 1 fully saturated rings. The molecule has 4 rings (SSSR count). The Morgan fingerprint density at radius 1 is 1.22 bits per heavy atom. The van der Waals surface area contributed by atoms with Crippen LogP contribution in [0.1, 0.15) is 19.4 Å². The van der Waals surface area contributed by atoms with Crippen LogP contribution in [0.2, 0.25) is 0 Å². The molecule has 32 heavy (non-hydrogen) atoms. The lowest BCUT2D eigenvalue weighted by molar-refractivity contribution is 0.253. The van der Waals surface area contributed by atoms with Crippen LogP contribution in [0.25, 0.3) is 22.2 Å². The van der Waals surface area contributed by atoms with Gasteiger partial charge in [-0.05, 0) is 37.5 Å². The van der Waals surface area contributed by atoms with Gasteiger partial charge >= 0.3 is 0 Å². The van der Waals surface area contributed by atoms with E-state index in [0.29, 0.717) is 48.1 Å². The first-order valence-corrected chi connectivity index (χ1v) is 12.7. The van der Waals surface area contributed by atoms with Crippen molar-refractivity contribution in [2.24, 2.45) is 5.92 Å². The number of aromatic nitrogens is 3. The summed E-state index contributed by atoms with van der Waals surface area (Å²) < 4.78 is 45.2. The molecule has 0 N–H and O–H groups in total. The summed E-state index contributed by atoms with van der Waals surface area (Å²) >= 11 is 0. The van der Waals surface area contributed by atoms with Crippen LogP contribution in [-0.4, -0.2) is 66.3 Å². The molecule has 7 nitrogen and oxygen atoms in total. The van der Waals surface area contributed by atoms with E-state index in [2.05, 4.69) is 21.9 Å². The molecule has 1 aromatic carbocycles. The third-order valence-corrected chi connectivity index (χ3v) is 7.62. The second kappa shape index (κ2) is 9.15. The molecule has 3 heterocycles. The highest BCUT2D eigenvalue weighted by molar-refractivity contribution is 7.91. The zero-order valence-corrected chi connectivity index (χ0v) is 19.5. The van der Waals surface area contributed by atoms with Gasteiger partial charge in [-0.2, -0.15) is 5.10 Å². The molecular formula is C23H29FN4O3S. The summed E-state index contributed by atoms with van der Waals surface area (Å²) in [4.78, 5) is 6.86. The monoisotopic (exact) mass is 460 g/mol. The Morgan fingerprint density at radius 2 is 1.97 bits per heavy atom. The number of hydrogen-bond donors (Lipinski definition) is 0. The molecule has 0 aliphatic carbocycles. The molecule has 1 aliphatic rings. The van der Waals surface area contributed by atoms with Crippen molar-refractivity contribution in [3.05, 3.63) is 41.8 Å². The number of pyridine rings is 1. The highest BCUT2D eigenvalue weighted by atomic mass is 32.2. The van der Waals surface area contributed by atoms with Gasteiger partial charge in [-0.25, -0.2) is 17.8 Å². The Kier molecular flexibility index (Phi) is 6.48. The van der Waals surface area contributed by atoms with Crippen molar-refractivity contribution in [1.29, 1.82) is 0 Å². The molecule has 0 amide bonds. The largest absolute Gasteiger partial charge is 0.481 e. The number of sulfone groups is 1. The minimum atomic E-state index is -2.87. The predicted octanol–water partition coefficient (Wildman–Crippen LogP) is 3.17. The standard InChI is InChI=1S/C23H29FN4O3S/c1-4-28-22-13-18(12-20(24)19(22)14-25-28)21-6-5-17(23(26-21)31-3)11-16(2)15-27-7-9-32(29,30)10-8-27/h5-6,12-14,16H,4,7-11,15H2,1-3H3. The van der Waals surface area contributed by atoms with E-state index in [-0.39, 0.29) is 17.3 Å². The maximum Gasteiger partial charge on any atom is 0.216 e. The molecule has 1 atom stereocenters. The zero-order chi connectivity index (χ0) is 22.9. The Morgan fingerprint density at radius 3 is 2.66 bits per heavy atom. The SMILES string of the molecule is CCn1ncc2c(F)cc(-c3ccc(CC(C)CN4CCS(=O)(=O)CC4)c(OC)n3)cc21. The van der Waals surface area contributed by atoms with Crippen molar-refractivity contribution >= 4 is 20.7 Å². The molecule has 1 unspecified atom stereocenters. The topological polar surface area (TPSA) is 77.3 Å². The van der Waals surface area contributed by atoms with Crippen LogP contribution < -0.4 is 4.74 Å². The van der Waals surface area contributed by atoms with E-state index in [0.717, 1.165) is 24.0 Å². The van der Waals surface area contributed by atoms with Crippen molar-refractivity contribution in [3.8, 4) is 17.1 Å². The van der Waals surface area contributed by atoms with Gasteiger partial charge in [0.2, 0.25) is 5.88 Å². The van der Waals surface area contributed by atoms with Crippen molar-refractivity contribution in [1.82, 2.24) is 19.7 Å². The molecular weight excluding hydrogens is 431 g/mol. The molecule has 2 aromatic heterocycles. The quantitative estimate of drug-likeness (QED) is 0.539. The minimum absolute atomic E-state index is 0.233. The number of aryl methyl sites for hydroxylation is 1. The lowest BCUT2D eigenvalue weighted by Crippen LogP contribution is -2.42. The van der Waals surface area contributed by atoms with Crippen LogP contribution in [0, 0.1) is 11.7 Å². The summed E-state index contributed by atoms with van der Waals surface area (Å²) in [7, 11) is -1.28. The summed E-state index contributed by atoms with van der Waals surface area (Å²) in [5, 5.41) is 4.74. The van der Waals surface area contributed by atoms with Gasteiger partial charge in [-0.1, -0.05) is 13.0 Å². The number of ether oxygens (including phenoxy) is 1. The van der Waals surface area contributed by atoms with Crippen molar-refractivity contribution < 1.29 is 17.5 Å². The fourth-order valence-electron chi connectivity index (χ4n) is 4.31. The second-order valence-corrected chi connectivity index (χ2v) is 10.8. The second-order valence-electron chi connectivity index (χ2n) is 8.48. The number of rotatable bonds is 7. The van der Waals surface area contributed by atoms with E-state index in [4.69, 9.17) is 4.74 Å². The van der Waals surface area contributed by atoms with Crippen LogP contribution >= 0.6 is 0 Å². The molecule has 0 bridgehead atoms. The number of nitrogens with zero attached hydrogens (tertiary/aromatic N) is 4. The maximum atomic E-state index is 14.6. The summed E-state index contributed by atoms with van der Waals surface area (Å²) in [5.41, 5.74) is 3.04. The molecule has 0 spiro atoms. The first kappa shape index (κ1) is 22.7. The number of halogens is 1. The van der Waals surface area contributed by atoms with E-state index in [9.17, 15) is 12.8 Å². The number of methoxy groups -OCH3 is 1. The highest BCUT2D eigenvalue weighted by Crippen LogP contribution is 2.29. The summed E-state index contributed by atoms with van der Waals surface area (Å²) in [5.74, 6) is 0.984. The van der Waals surface area contributed by atoms with Crippen LogP contribution in [0.4, 0.5) is 4.39 Å². The maximum absolute atomic E-state index is 14.6. The van der Waals surface area contributed by atoms with Gasteiger partial charge in [-0.15, -0.1) is 0 Å². The average Bonchev–Trinajstić information content (AvgIpc) is 3.19. The third kappa shape index (κ3) is 4.78. The van der Waals surface area contributed by atoms with E-state index in [1.807, 2.05) is 25.1 Å². The molecule has 172 valence electrons. The van der Waals surface area contributed by atoms with Gasteiger partial charge in [0.1, 0.15) is 5.82 Å². The van der Waals surface area contributed by atoms with E-state index in [1.54, 1.807) is 18.0 Å². The molecule has 1 aliphatic heterocycles. The first-order chi connectivity index (χ1) is 15.3. The van der Waals surface area contributed by atoms with E-state index in [1.165, 1.54) is 6.07 Å². The van der Waals surface area contributed by atoms with Gasteiger partial charge in [0, 0.05) is 37.3 Å². The van der Waals surface area contributed by atoms with Crippen LogP contribution in [-0.2, 0) is 22.8 Å². The zero-order valence-electron chi connectivity index (χ0n) is 18.7. The molecule has 0 radical (unpaired) electrons. The van der Waals surface area contributed by atoms with Crippen molar-refractivity contribution in [3.63, 3.8) is 0 Å². The Labute approximate surface area is 188 Å². The normalized spacial score (nSPS) is 17.5. The van der Waals surface area contributed by atoms with Gasteiger partial charge < -0.3 is 9.64 Å². The van der Waals surface area contributed by atoms with Gasteiger partial charge in [0.05, 0.1) is 41.4 Å². The molecule has 3 aromatic rings. The average molecular weight is 461 g/mol. The summed E-state index contributed by atoms with van der Waals surface area (Å²) in [6, 6.07) is 7.27. The molecule has 0 saturated carbocycles. The van der Waals surface area contributed by atoms with Crippen LogP contribution in [0.3, 0.4) is 0 Å². The summed E-state index contributed by atoms with van der Waals surface area (Å²) in [6.45, 7) is 6.77. The van der Waals surface area contributed by atoms with Crippen LogP contribution in [0.5, 0.6) is 5.88 Å². The minimum Gasteiger partial charge on any atom is -0.481 e.